The highest BCUT2D eigenvalue weighted by molar-refractivity contribution is 5.95. The Hall–Kier alpha value is -1.55. The van der Waals surface area contributed by atoms with Crippen molar-refractivity contribution in [3.63, 3.8) is 0 Å². The van der Waals surface area contributed by atoms with Crippen molar-refractivity contribution in [3.8, 4) is 5.75 Å². The molecule has 2 N–H and O–H groups in total. The Kier molecular flexibility index (Phi) is 3.19. The van der Waals surface area contributed by atoms with Gasteiger partial charge >= 0.3 is 0 Å². The van der Waals surface area contributed by atoms with E-state index in [9.17, 15) is 4.79 Å². The van der Waals surface area contributed by atoms with E-state index in [0.717, 1.165) is 43.7 Å². The van der Waals surface area contributed by atoms with Crippen LogP contribution in [-0.4, -0.2) is 25.6 Å². The van der Waals surface area contributed by atoms with Gasteiger partial charge < -0.3 is 15.4 Å². The van der Waals surface area contributed by atoms with E-state index in [2.05, 4.69) is 6.07 Å². The van der Waals surface area contributed by atoms with E-state index in [1.807, 2.05) is 19.2 Å². The molecule has 2 aliphatic rings. The number of fused-ring (bicyclic) bond motifs is 1. The van der Waals surface area contributed by atoms with Gasteiger partial charge in [0, 0.05) is 24.7 Å². The predicted octanol–water partition coefficient (Wildman–Crippen LogP) is 1.71. The van der Waals surface area contributed by atoms with Gasteiger partial charge in [-0.15, -0.1) is 0 Å². The van der Waals surface area contributed by atoms with Gasteiger partial charge in [0.25, 0.3) is 0 Å². The predicted molar refractivity (Wildman–Crippen MR) is 74.4 cm³/mol. The van der Waals surface area contributed by atoms with Gasteiger partial charge in [0.05, 0.1) is 6.61 Å². The normalized spacial score (nSPS) is 24.9. The van der Waals surface area contributed by atoms with Crippen LogP contribution in [0, 0.1) is 5.92 Å². The number of hydrogen-bond acceptors (Lipinski definition) is 3. The summed E-state index contributed by atoms with van der Waals surface area (Å²) in [5.41, 5.74) is 7.91. The molecule has 0 unspecified atom stereocenters. The smallest absolute Gasteiger partial charge is 0.229 e. The van der Waals surface area contributed by atoms with Crippen molar-refractivity contribution >= 4 is 11.6 Å². The Balaban J connectivity index is 1.76. The molecule has 0 saturated heterocycles. The topological polar surface area (TPSA) is 55.6 Å². The third kappa shape index (κ3) is 2.32. The maximum Gasteiger partial charge on any atom is 0.229 e. The Labute approximate surface area is 113 Å². The zero-order valence-corrected chi connectivity index (χ0v) is 11.3. The van der Waals surface area contributed by atoms with Gasteiger partial charge in [-0.2, -0.15) is 0 Å². The molecule has 1 aliphatic carbocycles. The van der Waals surface area contributed by atoms with Gasteiger partial charge in [-0.25, -0.2) is 0 Å². The summed E-state index contributed by atoms with van der Waals surface area (Å²) in [6.45, 7) is 0.793. The molecule has 0 spiro atoms. The zero-order chi connectivity index (χ0) is 13.4. The van der Waals surface area contributed by atoms with Crippen molar-refractivity contribution < 1.29 is 9.53 Å². The second kappa shape index (κ2) is 4.85. The van der Waals surface area contributed by atoms with Crippen LogP contribution in [0.2, 0.25) is 0 Å². The van der Waals surface area contributed by atoms with Gasteiger partial charge in [0.1, 0.15) is 5.75 Å². The molecule has 1 aromatic rings. The lowest BCUT2D eigenvalue weighted by Gasteiger charge is -2.34. The quantitative estimate of drug-likeness (QED) is 0.880. The molecular weight excluding hydrogens is 240 g/mol. The molecule has 1 amide bonds. The number of aryl methyl sites for hydroxylation is 1. The second-order valence-corrected chi connectivity index (χ2v) is 5.57. The maximum absolute atomic E-state index is 12.3. The molecule has 1 heterocycles. The van der Waals surface area contributed by atoms with Crippen LogP contribution >= 0.6 is 0 Å². The molecule has 0 atom stereocenters. The van der Waals surface area contributed by atoms with Crippen molar-refractivity contribution in [2.24, 2.45) is 11.7 Å². The number of carbonyl (C=O) groups is 1. The van der Waals surface area contributed by atoms with E-state index in [1.54, 1.807) is 4.90 Å². The highest BCUT2D eigenvalue weighted by Crippen LogP contribution is 2.32. The summed E-state index contributed by atoms with van der Waals surface area (Å²) in [4.78, 5) is 14.0. The Morgan fingerprint density at radius 2 is 2.21 bits per heavy atom. The third-order valence-electron chi connectivity index (χ3n) is 4.13. The number of anilines is 1. The van der Waals surface area contributed by atoms with E-state index >= 15 is 0 Å². The van der Waals surface area contributed by atoms with Gasteiger partial charge in [-0.3, -0.25) is 4.79 Å². The minimum atomic E-state index is 0.104. The van der Waals surface area contributed by atoms with Crippen LogP contribution in [0.3, 0.4) is 0 Å². The average Bonchev–Trinajstić information content (AvgIpc) is 2.42. The van der Waals surface area contributed by atoms with E-state index in [1.165, 1.54) is 5.56 Å². The molecule has 0 radical (unpaired) electrons. The number of nitrogens with two attached hydrogens (primary N) is 1. The van der Waals surface area contributed by atoms with Crippen LogP contribution in [0.25, 0.3) is 0 Å². The minimum absolute atomic E-state index is 0.104. The van der Waals surface area contributed by atoms with Crippen molar-refractivity contribution in [1.29, 1.82) is 0 Å². The van der Waals surface area contributed by atoms with E-state index in [4.69, 9.17) is 10.5 Å². The first kappa shape index (κ1) is 12.5. The number of rotatable bonds is 2. The van der Waals surface area contributed by atoms with Gasteiger partial charge in [-0.05, 0) is 49.4 Å². The van der Waals surface area contributed by atoms with Crippen LogP contribution < -0.4 is 15.4 Å². The van der Waals surface area contributed by atoms with Crippen molar-refractivity contribution in [2.45, 2.75) is 31.7 Å². The summed E-state index contributed by atoms with van der Waals surface area (Å²) in [6.07, 6.45) is 3.71. The molecule has 1 saturated carbocycles. The summed E-state index contributed by atoms with van der Waals surface area (Å²) in [5, 5.41) is 0. The summed E-state index contributed by atoms with van der Waals surface area (Å²) < 4.78 is 5.59. The van der Waals surface area contributed by atoms with Crippen LogP contribution in [-0.2, 0) is 11.2 Å². The SMILES string of the molecule is CN(C(=O)C1CC(N)C1)c1ccc2c(c1)CCCO2. The van der Waals surface area contributed by atoms with E-state index in [0.29, 0.717) is 0 Å². The highest BCUT2D eigenvalue weighted by atomic mass is 16.5. The molecule has 1 aromatic carbocycles. The molecule has 4 heteroatoms. The molecular formula is C15H20N2O2. The number of hydrogen-bond donors (Lipinski definition) is 1. The lowest BCUT2D eigenvalue weighted by atomic mass is 9.80. The summed E-state index contributed by atoms with van der Waals surface area (Å²) >= 11 is 0. The van der Waals surface area contributed by atoms with Crippen LogP contribution in [0.1, 0.15) is 24.8 Å². The summed E-state index contributed by atoms with van der Waals surface area (Å²) in [6, 6.07) is 6.21. The third-order valence-corrected chi connectivity index (χ3v) is 4.13. The van der Waals surface area contributed by atoms with Crippen LogP contribution in [0.5, 0.6) is 5.75 Å². The summed E-state index contributed by atoms with van der Waals surface area (Å²) in [7, 11) is 1.84. The van der Waals surface area contributed by atoms with Gasteiger partial charge in [0.15, 0.2) is 0 Å². The minimum Gasteiger partial charge on any atom is -0.493 e. The molecule has 4 nitrogen and oxygen atoms in total. The first-order valence-electron chi connectivity index (χ1n) is 6.94. The van der Waals surface area contributed by atoms with Crippen molar-refractivity contribution in [3.05, 3.63) is 23.8 Å². The largest absolute Gasteiger partial charge is 0.493 e. The molecule has 0 bridgehead atoms. The number of benzene rings is 1. The number of carbonyl (C=O) groups excluding carboxylic acids is 1. The fourth-order valence-corrected chi connectivity index (χ4v) is 2.82. The number of nitrogens with zero attached hydrogens (tertiary/aromatic N) is 1. The Morgan fingerprint density at radius 1 is 1.42 bits per heavy atom. The maximum atomic E-state index is 12.3. The van der Waals surface area contributed by atoms with E-state index in [-0.39, 0.29) is 17.9 Å². The monoisotopic (exact) mass is 260 g/mol. The molecule has 1 fully saturated rings. The van der Waals surface area contributed by atoms with Gasteiger partial charge in [0.2, 0.25) is 5.91 Å². The van der Waals surface area contributed by atoms with Crippen molar-refractivity contribution in [2.75, 3.05) is 18.6 Å². The standard InChI is InChI=1S/C15H20N2O2/c1-17(15(18)11-7-12(16)8-11)13-4-5-14-10(9-13)3-2-6-19-14/h4-5,9,11-12H,2-3,6-8,16H2,1H3. The Morgan fingerprint density at radius 3 is 2.95 bits per heavy atom. The lowest BCUT2D eigenvalue weighted by molar-refractivity contribution is -0.124. The molecule has 19 heavy (non-hydrogen) atoms. The fourth-order valence-electron chi connectivity index (χ4n) is 2.82. The van der Waals surface area contributed by atoms with Crippen LogP contribution in [0.4, 0.5) is 5.69 Å². The van der Waals surface area contributed by atoms with Gasteiger partial charge in [-0.1, -0.05) is 0 Å². The zero-order valence-electron chi connectivity index (χ0n) is 11.3. The highest BCUT2D eigenvalue weighted by Gasteiger charge is 2.34. The molecule has 102 valence electrons. The van der Waals surface area contributed by atoms with Crippen LogP contribution in [0.15, 0.2) is 18.2 Å². The average molecular weight is 260 g/mol. The Bertz CT molecular complexity index is 495. The van der Waals surface area contributed by atoms with Crippen molar-refractivity contribution in [1.82, 2.24) is 0 Å². The first-order chi connectivity index (χ1) is 9.15. The molecule has 3 rings (SSSR count). The fraction of sp³-hybridized carbons (Fsp3) is 0.533. The number of ether oxygens (including phenoxy) is 1. The first-order valence-corrected chi connectivity index (χ1v) is 6.94. The molecule has 0 aromatic heterocycles. The van der Waals surface area contributed by atoms with E-state index < -0.39 is 0 Å². The lowest BCUT2D eigenvalue weighted by Crippen LogP contribution is -2.45. The number of amides is 1. The second-order valence-electron chi connectivity index (χ2n) is 5.57. The molecule has 1 aliphatic heterocycles. The summed E-state index contributed by atoms with van der Waals surface area (Å²) in [5.74, 6) is 1.24.